The van der Waals surface area contributed by atoms with Crippen LogP contribution in [0.5, 0.6) is 0 Å². The predicted octanol–water partition coefficient (Wildman–Crippen LogP) is 2.32. The number of nitrogens with one attached hydrogen (secondary N) is 1. The van der Waals surface area contributed by atoms with Gasteiger partial charge in [-0.2, -0.15) is 0 Å². The summed E-state index contributed by atoms with van der Waals surface area (Å²) < 4.78 is 0. The first kappa shape index (κ1) is 14.9. The minimum Gasteiger partial charge on any atom is -0.352 e. The van der Waals surface area contributed by atoms with Crippen molar-refractivity contribution in [2.45, 2.75) is 26.9 Å². The van der Waals surface area contributed by atoms with Gasteiger partial charge in [0.25, 0.3) is 0 Å². The summed E-state index contributed by atoms with van der Waals surface area (Å²) in [5, 5.41) is 5.43. The van der Waals surface area contributed by atoms with Crippen molar-refractivity contribution in [3.63, 3.8) is 0 Å². The van der Waals surface area contributed by atoms with Gasteiger partial charge in [-0.3, -0.25) is 4.98 Å². The van der Waals surface area contributed by atoms with Crippen LogP contribution < -0.4 is 10.2 Å². The molecule has 2 rings (SSSR count). The Hall–Kier alpha value is -1.53. The van der Waals surface area contributed by atoms with Crippen LogP contribution in [0.4, 0.5) is 5.82 Å². The minimum absolute atomic E-state index is 0.637. The number of nitrogens with zero attached hydrogens (tertiary/aromatic N) is 4. The lowest BCUT2D eigenvalue weighted by Crippen LogP contribution is -2.22. The molecule has 2 aromatic heterocycles. The van der Waals surface area contributed by atoms with Crippen molar-refractivity contribution < 1.29 is 0 Å². The topological polar surface area (TPSA) is 53.9 Å². The highest BCUT2D eigenvalue weighted by molar-refractivity contribution is 7.07. The van der Waals surface area contributed by atoms with Gasteiger partial charge in [-0.15, -0.1) is 11.3 Å². The van der Waals surface area contributed by atoms with Crippen LogP contribution in [-0.2, 0) is 13.1 Å². The first-order valence-electron chi connectivity index (χ1n) is 6.75. The van der Waals surface area contributed by atoms with E-state index < -0.39 is 0 Å². The average molecular weight is 291 g/mol. The van der Waals surface area contributed by atoms with E-state index in [-0.39, 0.29) is 0 Å². The molecule has 0 amide bonds. The third kappa shape index (κ3) is 4.54. The molecule has 5 nitrogen and oxygen atoms in total. The third-order valence-corrected chi connectivity index (χ3v) is 3.44. The van der Waals surface area contributed by atoms with Crippen molar-refractivity contribution in [2.75, 3.05) is 18.5 Å². The summed E-state index contributed by atoms with van der Waals surface area (Å²) in [7, 11) is 2.01. The summed E-state index contributed by atoms with van der Waals surface area (Å²) in [4.78, 5) is 15.3. The second-order valence-electron chi connectivity index (χ2n) is 5.23. The molecule has 0 saturated carbocycles. The van der Waals surface area contributed by atoms with Gasteiger partial charge in [0.1, 0.15) is 5.82 Å². The normalized spacial score (nSPS) is 11.0. The van der Waals surface area contributed by atoms with E-state index in [1.54, 1.807) is 17.5 Å². The molecule has 0 spiro atoms. The summed E-state index contributed by atoms with van der Waals surface area (Å²) in [6.07, 6.45) is 3.60. The molecule has 0 aliphatic rings. The maximum Gasteiger partial charge on any atom is 0.147 e. The van der Waals surface area contributed by atoms with E-state index in [2.05, 4.69) is 44.4 Å². The molecule has 2 heterocycles. The summed E-state index contributed by atoms with van der Waals surface area (Å²) in [5.41, 5.74) is 3.87. The minimum atomic E-state index is 0.637. The zero-order chi connectivity index (χ0) is 14.4. The monoisotopic (exact) mass is 291 g/mol. The van der Waals surface area contributed by atoms with Gasteiger partial charge in [-0.1, -0.05) is 13.8 Å². The molecule has 0 unspecified atom stereocenters. The largest absolute Gasteiger partial charge is 0.352 e. The summed E-state index contributed by atoms with van der Waals surface area (Å²) >= 11 is 1.61. The maximum atomic E-state index is 4.63. The van der Waals surface area contributed by atoms with Crippen LogP contribution in [0.15, 0.2) is 23.3 Å². The first-order chi connectivity index (χ1) is 9.65. The Balaban J connectivity index is 1.94. The van der Waals surface area contributed by atoms with Crippen molar-refractivity contribution in [2.24, 2.45) is 5.92 Å². The molecule has 0 aliphatic carbocycles. The number of anilines is 1. The molecule has 0 saturated heterocycles. The van der Waals surface area contributed by atoms with Crippen LogP contribution in [0.2, 0.25) is 0 Å². The van der Waals surface area contributed by atoms with E-state index in [1.165, 1.54) is 0 Å². The molecule has 0 atom stereocenters. The molecule has 20 heavy (non-hydrogen) atoms. The molecule has 108 valence electrons. The zero-order valence-corrected chi connectivity index (χ0v) is 13.0. The Morgan fingerprint density at radius 1 is 1.30 bits per heavy atom. The molecule has 1 N–H and O–H groups in total. The molecule has 0 fully saturated rings. The third-order valence-electron chi connectivity index (χ3n) is 2.80. The Bertz CT molecular complexity index is 512. The van der Waals surface area contributed by atoms with Crippen molar-refractivity contribution in [3.05, 3.63) is 34.7 Å². The lowest BCUT2D eigenvalue weighted by molar-refractivity contribution is 0.547. The Morgan fingerprint density at radius 3 is 2.85 bits per heavy atom. The van der Waals surface area contributed by atoms with E-state index in [9.17, 15) is 0 Å². The molecule has 2 aromatic rings. The number of thiazole rings is 1. The number of aromatic nitrogens is 3. The Morgan fingerprint density at radius 2 is 2.15 bits per heavy atom. The molecule has 0 aromatic carbocycles. The highest BCUT2D eigenvalue weighted by Crippen LogP contribution is 2.12. The van der Waals surface area contributed by atoms with Crippen molar-refractivity contribution >= 4 is 17.2 Å². The first-order valence-corrected chi connectivity index (χ1v) is 7.69. The average Bonchev–Trinajstić information content (AvgIpc) is 2.91. The second-order valence-corrected chi connectivity index (χ2v) is 5.95. The lowest BCUT2D eigenvalue weighted by atomic mass is 10.2. The molecule has 0 aliphatic heterocycles. The predicted molar refractivity (Wildman–Crippen MR) is 82.8 cm³/mol. The fraction of sp³-hybridized carbons (Fsp3) is 0.500. The zero-order valence-electron chi connectivity index (χ0n) is 12.2. The van der Waals surface area contributed by atoms with Crippen LogP contribution in [0.1, 0.15) is 25.2 Å². The molecular formula is C14H21N5S. The van der Waals surface area contributed by atoms with Gasteiger partial charge in [0.2, 0.25) is 0 Å². The van der Waals surface area contributed by atoms with Gasteiger partial charge >= 0.3 is 0 Å². The smallest absolute Gasteiger partial charge is 0.147 e. The van der Waals surface area contributed by atoms with Crippen LogP contribution in [0, 0.1) is 5.92 Å². The fourth-order valence-corrected chi connectivity index (χ4v) is 2.34. The van der Waals surface area contributed by atoms with Crippen molar-refractivity contribution in [3.8, 4) is 0 Å². The van der Waals surface area contributed by atoms with Gasteiger partial charge in [-0.05, 0) is 12.5 Å². The second kappa shape index (κ2) is 7.31. The number of hydrogen-bond acceptors (Lipinski definition) is 6. The summed E-state index contributed by atoms with van der Waals surface area (Å²) in [6, 6.07) is 0. The molecule has 0 radical (unpaired) electrons. The van der Waals surface area contributed by atoms with Gasteiger partial charge < -0.3 is 10.2 Å². The Labute approximate surface area is 124 Å². The van der Waals surface area contributed by atoms with E-state index in [4.69, 9.17) is 0 Å². The van der Waals surface area contributed by atoms with Crippen LogP contribution in [-0.4, -0.2) is 28.5 Å². The lowest BCUT2D eigenvalue weighted by Gasteiger charge is -2.17. The van der Waals surface area contributed by atoms with Crippen molar-refractivity contribution in [1.29, 1.82) is 0 Å². The maximum absolute atomic E-state index is 4.63. The van der Waals surface area contributed by atoms with E-state index in [0.29, 0.717) is 5.92 Å². The summed E-state index contributed by atoms with van der Waals surface area (Å²) in [6.45, 7) is 6.87. The number of rotatable bonds is 7. The van der Waals surface area contributed by atoms with E-state index >= 15 is 0 Å². The van der Waals surface area contributed by atoms with Crippen LogP contribution in [0.25, 0.3) is 0 Å². The fourth-order valence-electron chi connectivity index (χ4n) is 1.79. The van der Waals surface area contributed by atoms with E-state index in [0.717, 1.165) is 36.8 Å². The van der Waals surface area contributed by atoms with Crippen LogP contribution >= 0.6 is 11.3 Å². The molecule has 6 heteroatoms. The molecule has 0 bridgehead atoms. The van der Waals surface area contributed by atoms with Gasteiger partial charge in [-0.25, -0.2) is 9.97 Å². The van der Waals surface area contributed by atoms with E-state index in [1.807, 2.05) is 18.8 Å². The van der Waals surface area contributed by atoms with Crippen LogP contribution in [0.3, 0.4) is 0 Å². The SMILES string of the molecule is CC(C)CNCc1cncc(N(C)Cc2cscn2)n1. The summed E-state index contributed by atoms with van der Waals surface area (Å²) in [5.74, 6) is 1.51. The van der Waals surface area contributed by atoms with Gasteiger partial charge in [0, 0.05) is 25.2 Å². The number of hydrogen-bond donors (Lipinski definition) is 1. The quantitative estimate of drug-likeness (QED) is 0.848. The van der Waals surface area contributed by atoms with Gasteiger partial charge in [0.05, 0.1) is 29.6 Å². The Kier molecular flexibility index (Phi) is 5.43. The highest BCUT2D eigenvalue weighted by Gasteiger charge is 2.06. The van der Waals surface area contributed by atoms with Crippen molar-refractivity contribution in [1.82, 2.24) is 20.3 Å². The molecular weight excluding hydrogens is 270 g/mol. The highest BCUT2D eigenvalue weighted by atomic mass is 32.1. The van der Waals surface area contributed by atoms with Gasteiger partial charge in [0.15, 0.2) is 0 Å². The standard InChI is InChI=1S/C14H21N5S/c1-11(2)4-15-5-12-6-16-7-14(18-12)19(3)8-13-9-20-10-17-13/h6-7,9-11,15H,4-5,8H2,1-3H3.